The molecule has 1 N–H and O–H groups in total. The van der Waals surface area contributed by atoms with Gasteiger partial charge in [0, 0.05) is 11.6 Å². The molecule has 0 bridgehead atoms. The van der Waals surface area contributed by atoms with E-state index in [1.54, 1.807) is 6.07 Å². The van der Waals surface area contributed by atoms with E-state index in [-0.39, 0.29) is 11.9 Å². The fourth-order valence-corrected chi connectivity index (χ4v) is 2.50. The van der Waals surface area contributed by atoms with E-state index < -0.39 is 0 Å². The van der Waals surface area contributed by atoms with Gasteiger partial charge >= 0.3 is 0 Å². The molecule has 0 aliphatic rings. The normalized spacial score (nSPS) is 12.2. The second kappa shape index (κ2) is 6.72. The molecule has 2 rings (SSSR count). The summed E-state index contributed by atoms with van der Waals surface area (Å²) >= 11 is 0. The first-order valence-corrected chi connectivity index (χ1v) is 7.30. The first kappa shape index (κ1) is 15.5. The highest BCUT2D eigenvalue weighted by Gasteiger charge is 2.17. The lowest BCUT2D eigenvalue weighted by molar-refractivity contribution is 0.443. The average Bonchev–Trinajstić information content (AvgIpc) is 2.43. The van der Waals surface area contributed by atoms with Crippen LogP contribution in [0.15, 0.2) is 36.4 Å². The lowest BCUT2D eigenvalue weighted by atomic mass is 10.1. The Morgan fingerprint density at radius 1 is 1.10 bits per heavy atom. The largest absolute Gasteiger partial charge is 0.456 e. The number of nitrogens with one attached hydrogen (secondary N) is 1. The van der Waals surface area contributed by atoms with E-state index in [1.165, 1.54) is 6.07 Å². The lowest BCUT2D eigenvalue weighted by Crippen LogP contribution is -2.19. The SMILES string of the molecule is CCNC(C)c1c(F)cccc1Oc1c(C)cccc1C. The minimum Gasteiger partial charge on any atom is -0.456 e. The Hall–Kier alpha value is -1.87. The van der Waals surface area contributed by atoms with Gasteiger partial charge in [-0.1, -0.05) is 31.2 Å². The maximum Gasteiger partial charge on any atom is 0.135 e. The molecule has 2 aromatic rings. The number of hydrogen-bond acceptors (Lipinski definition) is 2. The van der Waals surface area contributed by atoms with Gasteiger partial charge in [-0.25, -0.2) is 4.39 Å². The number of halogens is 1. The molecule has 0 amide bonds. The van der Waals surface area contributed by atoms with Crippen molar-refractivity contribution in [3.63, 3.8) is 0 Å². The fraction of sp³-hybridized carbons (Fsp3) is 0.333. The minimum absolute atomic E-state index is 0.101. The first-order valence-electron chi connectivity index (χ1n) is 7.30. The van der Waals surface area contributed by atoms with Crippen molar-refractivity contribution in [2.45, 2.75) is 33.7 Å². The third kappa shape index (κ3) is 3.42. The number of ether oxygens (including phenoxy) is 1. The fourth-order valence-electron chi connectivity index (χ4n) is 2.50. The second-order valence-electron chi connectivity index (χ2n) is 5.25. The molecule has 0 spiro atoms. The molecule has 0 saturated heterocycles. The molecule has 0 heterocycles. The van der Waals surface area contributed by atoms with Crippen molar-refractivity contribution in [2.75, 3.05) is 6.54 Å². The zero-order valence-electron chi connectivity index (χ0n) is 13.0. The molecule has 2 nitrogen and oxygen atoms in total. The van der Waals surface area contributed by atoms with Crippen LogP contribution in [0.5, 0.6) is 11.5 Å². The molecule has 0 saturated carbocycles. The van der Waals surface area contributed by atoms with Crippen molar-refractivity contribution in [2.24, 2.45) is 0 Å². The van der Waals surface area contributed by atoms with E-state index in [4.69, 9.17) is 4.74 Å². The topological polar surface area (TPSA) is 21.3 Å². The highest BCUT2D eigenvalue weighted by atomic mass is 19.1. The number of para-hydroxylation sites is 1. The molecule has 112 valence electrons. The molecule has 0 radical (unpaired) electrons. The van der Waals surface area contributed by atoms with Gasteiger partial charge in [0.05, 0.1) is 0 Å². The van der Waals surface area contributed by atoms with Gasteiger partial charge in [0.15, 0.2) is 0 Å². The number of benzene rings is 2. The van der Waals surface area contributed by atoms with E-state index in [0.717, 1.165) is 23.4 Å². The highest BCUT2D eigenvalue weighted by Crippen LogP contribution is 2.34. The maximum absolute atomic E-state index is 14.2. The van der Waals surface area contributed by atoms with Crippen molar-refractivity contribution in [3.05, 3.63) is 58.9 Å². The van der Waals surface area contributed by atoms with Crippen LogP contribution in [0.25, 0.3) is 0 Å². The summed E-state index contributed by atoms with van der Waals surface area (Å²) in [6, 6.07) is 10.9. The summed E-state index contributed by atoms with van der Waals surface area (Å²) in [4.78, 5) is 0. The maximum atomic E-state index is 14.2. The van der Waals surface area contributed by atoms with E-state index in [9.17, 15) is 4.39 Å². The van der Waals surface area contributed by atoms with Gasteiger partial charge in [0.1, 0.15) is 17.3 Å². The van der Waals surface area contributed by atoms with Gasteiger partial charge in [0.2, 0.25) is 0 Å². The standard InChI is InChI=1S/C18H22FNO/c1-5-20-14(4)17-15(19)10-7-11-16(17)21-18-12(2)8-6-9-13(18)3/h6-11,14,20H,5H2,1-4H3. The monoisotopic (exact) mass is 287 g/mol. The summed E-state index contributed by atoms with van der Waals surface area (Å²) in [7, 11) is 0. The average molecular weight is 287 g/mol. The van der Waals surface area contributed by atoms with Gasteiger partial charge in [0.25, 0.3) is 0 Å². The molecule has 0 fully saturated rings. The van der Waals surface area contributed by atoms with Crippen LogP contribution in [0, 0.1) is 19.7 Å². The Kier molecular flexibility index (Phi) is 4.97. The summed E-state index contributed by atoms with van der Waals surface area (Å²) in [5, 5.41) is 3.24. The van der Waals surface area contributed by atoms with E-state index in [1.807, 2.05) is 52.0 Å². The predicted octanol–water partition coefficient (Wildman–Crippen LogP) is 4.91. The molecule has 2 aromatic carbocycles. The summed E-state index contributed by atoms with van der Waals surface area (Å²) in [5.41, 5.74) is 2.66. The van der Waals surface area contributed by atoms with Gasteiger partial charge in [-0.3, -0.25) is 0 Å². The molecular formula is C18H22FNO. The van der Waals surface area contributed by atoms with Crippen LogP contribution < -0.4 is 10.1 Å². The molecule has 0 aromatic heterocycles. The lowest BCUT2D eigenvalue weighted by Gasteiger charge is -2.19. The molecule has 0 aliphatic carbocycles. The Morgan fingerprint density at radius 3 is 2.33 bits per heavy atom. The summed E-state index contributed by atoms with van der Waals surface area (Å²) in [6.07, 6.45) is 0. The van der Waals surface area contributed by atoms with Crippen molar-refractivity contribution in [1.82, 2.24) is 5.32 Å². The van der Waals surface area contributed by atoms with Crippen LogP contribution >= 0.6 is 0 Å². The van der Waals surface area contributed by atoms with Crippen LogP contribution in [-0.2, 0) is 0 Å². The van der Waals surface area contributed by atoms with Crippen LogP contribution in [0.1, 0.15) is 36.6 Å². The quantitative estimate of drug-likeness (QED) is 0.844. The van der Waals surface area contributed by atoms with Gasteiger partial charge in [-0.15, -0.1) is 0 Å². The smallest absolute Gasteiger partial charge is 0.135 e. The van der Waals surface area contributed by atoms with Crippen molar-refractivity contribution < 1.29 is 9.13 Å². The molecule has 1 unspecified atom stereocenters. The third-order valence-electron chi connectivity index (χ3n) is 3.58. The molecule has 0 aliphatic heterocycles. The summed E-state index contributed by atoms with van der Waals surface area (Å²) in [6.45, 7) is 8.71. The summed E-state index contributed by atoms with van der Waals surface area (Å²) in [5.74, 6) is 1.13. The third-order valence-corrected chi connectivity index (χ3v) is 3.58. The molecule has 3 heteroatoms. The minimum atomic E-state index is -0.243. The Balaban J connectivity index is 2.43. The van der Waals surface area contributed by atoms with Gasteiger partial charge in [-0.05, 0) is 50.6 Å². The summed E-state index contributed by atoms with van der Waals surface area (Å²) < 4.78 is 20.2. The Labute approximate surface area is 126 Å². The van der Waals surface area contributed by atoms with Crippen LogP contribution in [0.3, 0.4) is 0 Å². The molecule has 1 atom stereocenters. The van der Waals surface area contributed by atoms with Crippen LogP contribution in [0.2, 0.25) is 0 Å². The molecular weight excluding hydrogens is 265 g/mol. The predicted molar refractivity (Wildman–Crippen MR) is 84.5 cm³/mol. The highest BCUT2D eigenvalue weighted by molar-refractivity contribution is 5.46. The van der Waals surface area contributed by atoms with Crippen molar-refractivity contribution >= 4 is 0 Å². The molecule has 21 heavy (non-hydrogen) atoms. The van der Waals surface area contributed by atoms with Gasteiger partial charge in [-0.2, -0.15) is 0 Å². The second-order valence-corrected chi connectivity index (χ2v) is 5.25. The Bertz CT molecular complexity index is 604. The zero-order valence-corrected chi connectivity index (χ0v) is 13.0. The number of rotatable bonds is 5. The van der Waals surface area contributed by atoms with Gasteiger partial charge < -0.3 is 10.1 Å². The van der Waals surface area contributed by atoms with E-state index in [2.05, 4.69) is 5.32 Å². The number of hydrogen-bond donors (Lipinski definition) is 1. The number of aryl methyl sites for hydroxylation is 2. The van der Waals surface area contributed by atoms with Crippen LogP contribution in [-0.4, -0.2) is 6.54 Å². The van der Waals surface area contributed by atoms with Crippen molar-refractivity contribution in [1.29, 1.82) is 0 Å². The van der Waals surface area contributed by atoms with E-state index in [0.29, 0.717) is 11.3 Å². The first-order chi connectivity index (χ1) is 10.0. The zero-order chi connectivity index (χ0) is 15.4. The van der Waals surface area contributed by atoms with E-state index >= 15 is 0 Å². The van der Waals surface area contributed by atoms with Crippen LogP contribution in [0.4, 0.5) is 4.39 Å². The van der Waals surface area contributed by atoms with Crippen molar-refractivity contribution in [3.8, 4) is 11.5 Å². The Morgan fingerprint density at radius 2 is 1.71 bits per heavy atom.